The van der Waals surface area contributed by atoms with Crippen LogP contribution in [-0.2, 0) is 16.0 Å². The Hall–Kier alpha value is -1.85. The van der Waals surface area contributed by atoms with E-state index >= 15 is 0 Å². The molecule has 0 saturated heterocycles. The molecule has 1 unspecified atom stereocenters. The fraction of sp³-hybridized carbons (Fsp3) is 0.500. The van der Waals surface area contributed by atoms with Crippen molar-refractivity contribution in [3.63, 3.8) is 0 Å². The largest absolute Gasteiger partial charge is 0.480 e. The lowest BCUT2D eigenvalue weighted by Crippen LogP contribution is -2.38. The fourth-order valence-electron chi connectivity index (χ4n) is 1.68. The van der Waals surface area contributed by atoms with Gasteiger partial charge in [0.25, 0.3) is 0 Å². The lowest BCUT2D eigenvalue weighted by Gasteiger charge is -2.12. The summed E-state index contributed by atoms with van der Waals surface area (Å²) in [5, 5.41) is 11.2. The van der Waals surface area contributed by atoms with E-state index in [1.54, 1.807) is 12.5 Å². The van der Waals surface area contributed by atoms with Gasteiger partial charge >= 0.3 is 5.97 Å². The highest BCUT2D eigenvalue weighted by Gasteiger charge is 2.27. The molecule has 1 fully saturated rings. The zero-order chi connectivity index (χ0) is 11.5. The lowest BCUT2D eigenvalue weighted by atomic mass is 10.1. The molecule has 0 bridgehead atoms. The number of aromatic nitrogens is 2. The molecule has 1 aromatic rings. The third kappa shape index (κ3) is 2.21. The first-order valence-electron chi connectivity index (χ1n) is 5.15. The number of imidazole rings is 1. The molecule has 86 valence electrons. The second-order valence-electron chi connectivity index (χ2n) is 3.90. The molecule has 0 aromatic carbocycles. The predicted molar refractivity (Wildman–Crippen MR) is 54.8 cm³/mol. The van der Waals surface area contributed by atoms with Gasteiger partial charge in [-0.25, -0.2) is 9.78 Å². The molecule has 1 aliphatic rings. The van der Waals surface area contributed by atoms with E-state index in [9.17, 15) is 9.59 Å². The topological polar surface area (TPSA) is 84.2 Å². The molecule has 6 heteroatoms. The average molecular weight is 223 g/mol. The van der Waals surface area contributed by atoms with E-state index in [1.807, 2.05) is 4.57 Å². The predicted octanol–water partition coefficient (Wildman–Crippen LogP) is -0.0403. The van der Waals surface area contributed by atoms with Gasteiger partial charge in [-0.15, -0.1) is 0 Å². The number of aliphatic carboxylic acids is 1. The van der Waals surface area contributed by atoms with Crippen LogP contribution in [0, 0.1) is 0 Å². The van der Waals surface area contributed by atoms with Crippen molar-refractivity contribution in [3.05, 3.63) is 18.2 Å². The van der Waals surface area contributed by atoms with Gasteiger partial charge in [-0.2, -0.15) is 0 Å². The molecular weight excluding hydrogens is 210 g/mol. The molecule has 6 nitrogen and oxygen atoms in total. The van der Waals surface area contributed by atoms with Gasteiger partial charge < -0.3 is 15.0 Å². The smallest absolute Gasteiger partial charge is 0.326 e. The molecule has 1 aliphatic carbocycles. The van der Waals surface area contributed by atoms with E-state index in [0.717, 1.165) is 18.5 Å². The first kappa shape index (κ1) is 10.7. The van der Waals surface area contributed by atoms with Crippen LogP contribution in [0.15, 0.2) is 12.5 Å². The van der Waals surface area contributed by atoms with Gasteiger partial charge in [0.05, 0.1) is 6.33 Å². The van der Waals surface area contributed by atoms with Gasteiger partial charge in [-0.05, 0) is 12.8 Å². The summed E-state index contributed by atoms with van der Waals surface area (Å²) >= 11 is 0. The van der Waals surface area contributed by atoms with Gasteiger partial charge in [-0.1, -0.05) is 0 Å². The van der Waals surface area contributed by atoms with Crippen LogP contribution in [0.5, 0.6) is 0 Å². The van der Waals surface area contributed by atoms with E-state index in [4.69, 9.17) is 5.11 Å². The first-order valence-corrected chi connectivity index (χ1v) is 5.15. The Labute approximate surface area is 92.3 Å². The molecule has 16 heavy (non-hydrogen) atoms. The Kier molecular flexibility index (Phi) is 2.89. The molecule has 1 amide bonds. The maximum atomic E-state index is 10.9. The summed E-state index contributed by atoms with van der Waals surface area (Å²) < 4.78 is 1.99. The van der Waals surface area contributed by atoms with Crippen molar-refractivity contribution in [1.82, 2.24) is 14.9 Å². The molecule has 0 radical (unpaired) electrons. The molecular formula is C10H13N3O3. The molecule has 2 rings (SSSR count). The van der Waals surface area contributed by atoms with Crippen LogP contribution >= 0.6 is 0 Å². The van der Waals surface area contributed by atoms with Gasteiger partial charge in [0.2, 0.25) is 6.41 Å². The SMILES string of the molecule is O=CNC(Cc1cncn1C1CC1)C(=O)O. The molecule has 1 saturated carbocycles. The number of nitrogens with one attached hydrogen (secondary N) is 1. The summed E-state index contributed by atoms with van der Waals surface area (Å²) in [5.74, 6) is -1.03. The molecule has 1 aromatic heterocycles. The van der Waals surface area contributed by atoms with Crippen LogP contribution < -0.4 is 5.32 Å². The fourth-order valence-corrected chi connectivity index (χ4v) is 1.68. The van der Waals surface area contributed by atoms with E-state index < -0.39 is 12.0 Å². The summed E-state index contributed by atoms with van der Waals surface area (Å²) in [7, 11) is 0. The third-order valence-electron chi connectivity index (χ3n) is 2.67. The molecule has 1 heterocycles. The van der Waals surface area contributed by atoms with E-state index in [-0.39, 0.29) is 6.42 Å². The Morgan fingerprint density at radius 3 is 3.06 bits per heavy atom. The number of carbonyl (C=O) groups excluding carboxylic acids is 1. The second-order valence-corrected chi connectivity index (χ2v) is 3.90. The molecule has 0 aliphatic heterocycles. The Balaban J connectivity index is 2.08. The van der Waals surface area contributed by atoms with Gasteiger partial charge in [0.15, 0.2) is 0 Å². The van der Waals surface area contributed by atoms with E-state index in [0.29, 0.717) is 12.5 Å². The lowest BCUT2D eigenvalue weighted by molar-refractivity contribution is -0.140. The Morgan fingerprint density at radius 1 is 1.75 bits per heavy atom. The first-order chi connectivity index (χ1) is 7.72. The van der Waals surface area contributed by atoms with E-state index in [1.165, 1.54) is 0 Å². The average Bonchev–Trinajstić information content (AvgIpc) is 2.99. The maximum Gasteiger partial charge on any atom is 0.326 e. The van der Waals surface area contributed by atoms with Crippen molar-refractivity contribution >= 4 is 12.4 Å². The summed E-state index contributed by atoms with van der Waals surface area (Å²) in [6, 6.07) is -0.421. The van der Waals surface area contributed by atoms with Crippen molar-refractivity contribution in [2.75, 3.05) is 0 Å². The van der Waals surface area contributed by atoms with Crippen molar-refractivity contribution < 1.29 is 14.7 Å². The Bertz CT molecular complexity index is 398. The van der Waals surface area contributed by atoms with Crippen LogP contribution in [0.1, 0.15) is 24.6 Å². The summed E-state index contributed by atoms with van der Waals surface area (Å²) in [6.45, 7) is 0. The number of hydrogen-bond acceptors (Lipinski definition) is 3. The number of hydrogen-bond donors (Lipinski definition) is 2. The minimum Gasteiger partial charge on any atom is -0.480 e. The van der Waals surface area contributed by atoms with Crippen molar-refractivity contribution in [1.29, 1.82) is 0 Å². The summed E-state index contributed by atoms with van der Waals surface area (Å²) in [4.78, 5) is 25.2. The van der Waals surface area contributed by atoms with Gasteiger partial charge in [-0.3, -0.25) is 4.79 Å². The number of carboxylic acid groups (broad SMARTS) is 1. The van der Waals surface area contributed by atoms with Crippen LogP contribution in [0.4, 0.5) is 0 Å². The highest BCUT2D eigenvalue weighted by molar-refractivity contribution is 5.76. The highest BCUT2D eigenvalue weighted by atomic mass is 16.4. The molecule has 1 atom stereocenters. The normalized spacial score (nSPS) is 16.8. The molecule has 2 N–H and O–H groups in total. The van der Waals surface area contributed by atoms with E-state index in [2.05, 4.69) is 10.3 Å². The number of nitrogens with zero attached hydrogens (tertiary/aromatic N) is 2. The number of carboxylic acids is 1. The number of rotatable bonds is 6. The van der Waals surface area contributed by atoms with Crippen LogP contribution in [0.25, 0.3) is 0 Å². The zero-order valence-corrected chi connectivity index (χ0v) is 8.67. The third-order valence-corrected chi connectivity index (χ3v) is 2.67. The minimum atomic E-state index is -1.03. The Morgan fingerprint density at radius 2 is 2.50 bits per heavy atom. The van der Waals surface area contributed by atoms with Crippen molar-refractivity contribution in [2.45, 2.75) is 31.3 Å². The van der Waals surface area contributed by atoms with Crippen LogP contribution in [0.3, 0.4) is 0 Å². The van der Waals surface area contributed by atoms with Crippen LogP contribution in [-0.4, -0.2) is 33.1 Å². The molecule has 0 spiro atoms. The number of carbonyl (C=O) groups is 2. The van der Waals surface area contributed by atoms with Gasteiger partial charge in [0, 0.05) is 24.4 Å². The maximum absolute atomic E-state index is 10.9. The quantitative estimate of drug-likeness (QED) is 0.663. The van der Waals surface area contributed by atoms with Crippen molar-refractivity contribution in [2.24, 2.45) is 0 Å². The monoisotopic (exact) mass is 223 g/mol. The minimum absolute atomic E-state index is 0.268. The standard InChI is InChI=1S/C10H13N3O3/c14-6-12-9(10(15)16)3-8-4-11-5-13(8)7-1-2-7/h4-7,9H,1-3H2,(H,12,14)(H,15,16). The highest BCUT2D eigenvalue weighted by Crippen LogP contribution is 2.35. The zero-order valence-electron chi connectivity index (χ0n) is 8.67. The summed E-state index contributed by atoms with van der Waals surface area (Å²) in [6.07, 6.45) is 6.28. The second kappa shape index (κ2) is 4.34. The van der Waals surface area contributed by atoms with Crippen LogP contribution in [0.2, 0.25) is 0 Å². The number of amides is 1. The van der Waals surface area contributed by atoms with Gasteiger partial charge in [0.1, 0.15) is 6.04 Å². The summed E-state index contributed by atoms with van der Waals surface area (Å²) in [5.41, 5.74) is 0.851. The van der Waals surface area contributed by atoms with Crippen molar-refractivity contribution in [3.8, 4) is 0 Å².